The molecule has 1 atom stereocenters. The minimum atomic E-state index is 0.0138. The average Bonchev–Trinajstić information content (AvgIpc) is 3.22. The molecule has 1 aromatic carbocycles. The Morgan fingerprint density at radius 3 is 2.83 bits per heavy atom. The van der Waals surface area contributed by atoms with Crippen LogP contribution in [0.15, 0.2) is 36.4 Å². The standard InChI is InChI=1S/C17H16Cl2N4O/c18-15-12(14-7-4-8-24-14)9-13-16(21-17(19)22-23(13)15)20-10-11-5-2-1-3-6-11/h1-3,5-6,9,14H,4,7-8,10H2,(H,20,21,22). The molecule has 24 heavy (non-hydrogen) atoms. The molecule has 0 aliphatic carbocycles. The molecule has 3 aromatic rings. The summed E-state index contributed by atoms with van der Waals surface area (Å²) in [6, 6.07) is 12.1. The Morgan fingerprint density at radius 1 is 1.25 bits per heavy atom. The van der Waals surface area contributed by atoms with Gasteiger partial charge in [0, 0.05) is 18.7 Å². The number of aromatic nitrogens is 3. The third-order valence-electron chi connectivity index (χ3n) is 4.15. The lowest BCUT2D eigenvalue weighted by molar-refractivity contribution is 0.112. The number of nitrogens with zero attached hydrogens (tertiary/aromatic N) is 3. The summed E-state index contributed by atoms with van der Waals surface area (Å²) in [5.74, 6) is 0.657. The van der Waals surface area contributed by atoms with E-state index in [2.05, 4.69) is 27.5 Å². The van der Waals surface area contributed by atoms with Gasteiger partial charge in [0.2, 0.25) is 5.28 Å². The molecule has 5 nitrogen and oxygen atoms in total. The zero-order valence-electron chi connectivity index (χ0n) is 12.9. The van der Waals surface area contributed by atoms with Gasteiger partial charge in [-0.2, -0.15) is 4.98 Å². The van der Waals surface area contributed by atoms with Crippen LogP contribution in [0.3, 0.4) is 0 Å². The third kappa shape index (κ3) is 2.95. The second kappa shape index (κ2) is 6.59. The molecular formula is C17H16Cl2N4O. The van der Waals surface area contributed by atoms with Crippen molar-refractivity contribution >= 4 is 34.5 Å². The minimum Gasteiger partial charge on any atom is -0.373 e. The van der Waals surface area contributed by atoms with Crippen LogP contribution in [0.5, 0.6) is 0 Å². The van der Waals surface area contributed by atoms with E-state index in [0.29, 0.717) is 17.5 Å². The molecular weight excluding hydrogens is 347 g/mol. The second-order valence-corrected chi connectivity index (χ2v) is 6.45. The molecule has 1 aliphatic heterocycles. The van der Waals surface area contributed by atoms with E-state index in [-0.39, 0.29) is 11.4 Å². The predicted molar refractivity (Wildman–Crippen MR) is 94.7 cm³/mol. The van der Waals surface area contributed by atoms with Crippen molar-refractivity contribution in [1.82, 2.24) is 14.6 Å². The zero-order valence-corrected chi connectivity index (χ0v) is 14.4. The fourth-order valence-electron chi connectivity index (χ4n) is 2.98. The third-order valence-corrected chi connectivity index (χ3v) is 4.69. The molecule has 1 unspecified atom stereocenters. The fourth-order valence-corrected chi connectivity index (χ4v) is 3.44. The molecule has 0 saturated carbocycles. The molecule has 1 aliphatic rings. The van der Waals surface area contributed by atoms with Gasteiger partial charge in [-0.05, 0) is 36.1 Å². The Hall–Kier alpha value is -1.82. The first kappa shape index (κ1) is 15.7. The lowest BCUT2D eigenvalue weighted by atomic mass is 10.1. The molecule has 1 saturated heterocycles. The van der Waals surface area contributed by atoms with E-state index in [9.17, 15) is 0 Å². The quantitative estimate of drug-likeness (QED) is 0.742. The Labute approximate surface area is 149 Å². The lowest BCUT2D eigenvalue weighted by Gasteiger charge is -2.08. The largest absolute Gasteiger partial charge is 0.373 e. The van der Waals surface area contributed by atoms with E-state index in [1.165, 1.54) is 0 Å². The number of hydrogen-bond donors (Lipinski definition) is 1. The van der Waals surface area contributed by atoms with Crippen LogP contribution in [0.25, 0.3) is 5.52 Å². The predicted octanol–water partition coefficient (Wildman–Crippen LogP) is 4.50. The molecule has 0 bridgehead atoms. The highest BCUT2D eigenvalue weighted by Crippen LogP contribution is 2.36. The first-order chi connectivity index (χ1) is 11.7. The van der Waals surface area contributed by atoms with Crippen molar-refractivity contribution in [3.8, 4) is 0 Å². The Morgan fingerprint density at radius 2 is 2.08 bits per heavy atom. The highest BCUT2D eigenvalue weighted by Gasteiger charge is 2.24. The van der Waals surface area contributed by atoms with E-state index >= 15 is 0 Å². The maximum atomic E-state index is 6.50. The van der Waals surface area contributed by atoms with Crippen molar-refractivity contribution in [3.63, 3.8) is 0 Å². The van der Waals surface area contributed by atoms with Gasteiger partial charge in [-0.25, -0.2) is 4.52 Å². The molecule has 7 heteroatoms. The topological polar surface area (TPSA) is 51.5 Å². The van der Waals surface area contributed by atoms with Gasteiger partial charge in [0.1, 0.15) is 10.7 Å². The zero-order chi connectivity index (χ0) is 16.5. The molecule has 4 rings (SSSR count). The van der Waals surface area contributed by atoms with Crippen LogP contribution in [0.2, 0.25) is 10.4 Å². The van der Waals surface area contributed by atoms with Crippen LogP contribution in [0, 0.1) is 0 Å². The summed E-state index contributed by atoms with van der Waals surface area (Å²) in [4.78, 5) is 4.32. The van der Waals surface area contributed by atoms with Gasteiger partial charge in [0.25, 0.3) is 0 Å². The number of hydrogen-bond acceptors (Lipinski definition) is 4. The van der Waals surface area contributed by atoms with Gasteiger partial charge < -0.3 is 10.1 Å². The SMILES string of the molecule is Clc1nc(NCc2ccccc2)c2cc(C3CCCO3)c(Cl)n2n1. The summed E-state index contributed by atoms with van der Waals surface area (Å²) in [7, 11) is 0. The van der Waals surface area contributed by atoms with E-state index in [1.54, 1.807) is 4.52 Å². The molecule has 2 aromatic heterocycles. The summed E-state index contributed by atoms with van der Waals surface area (Å²) in [6.45, 7) is 1.40. The van der Waals surface area contributed by atoms with Crippen molar-refractivity contribution in [3.05, 3.63) is 58.0 Å². The summed E-state index contributed by atoms with van der Waals surface area (Å²) in [6.07, 6.45) is 2.02. The first-order valence-electron chi connectivity index (χ1n) is 7.86. The molecule has 3 heterocycles. The molecule has 1 N–H and O–H groups in total. The van der Waals surface area contributed by atoms with Crippen molar-refractivity contribution < 1.29 is 4.74 Å². The van der Waals surface area contributed by atoms with Crippen molar-refractivity contribution in [2.45, 2.75) is 25.5 Å². The van der Waals surface area contributed by atoms with E-state index < -0.39 is 0 Å². The number of ether oxygens (including phenoxy) is 1. The monoisotopic (exact) mass is 362 g/mol. The van der Waals surface area contributed by atoms with E-state index in [4.69, 9.17) is 27.9 Å². The Bertz CT molecular complexity index is 860. The van der Waals surface area contributed by atoms with Gasteiger partial charge in [-0.1, -0.05) is 41.9 Å². The number of anilines is 1. The van der Waals surface area contributed by atoms with Gasteiger partial charge >= 0.3 is 0 Å². The molecule has 0 radical (unpaired) electrons. The molecule has 124 valence electrons. The van der Waals surface area contributed by atoms with Gasteiger partial charge in [0.05, 0.1) is 6.10 Å². The summed E-state index contributed by atoms with van der Waals surface area (Å²) in [5.41, 5.74) is 2.89. The highest BCUT2D eigenvalue weighted by molar-refractivity contribution is 6.31. The van der Waals surface area contributed by atoms with Crippen LogP contribution in [0.4, 0.5) is 5.82 Å². The fraction of sp³-hybridized carbons (Fsp3) is 0.294. The Kier molecular flexibility index (Phi) is 4.31. The van der Waals surface area contributed by atoms with Crippen molar-refractivity contribution in [1.29, 1.82) is 0 Å². The number of halogens is 2. The average molecular weight is 363 g/mol. The maximum absolute atomic E-state index is 6.50. The van der Waals surface area contributed by atoms with Gasteiger partial charge in [0.15, 0.2) is 5.82 Å². The van der Waals surface area contributed by atoms with Crippen molar-refractivity contribution in [2.75, 3.05) is 11.9 Å². The number of benzene rings is 1. The Balaban J connectivity index is 1.70. The second-order valence-electron chi connectivity index (χ2n) is 5.76. The van der Waals surface area contributed by atoms with Crippen LogP contribution < -0.4 is 5.32 Å². The highest BCUT2D eigenvalue weighted by atomic mass is 35.5. The maximum Gasteiger partial charge on any atom is 0.243 e. The number of rotatable bonds is 4. The summed E-state index contributed by atoms with van der Waals surface area (Å²) >= 11 is 12.6. The first-order valence-corrected chi connectivity index (χ1v) is 8.62. The summed E-state index contributed by atoms with van der Waals surface area (Å²) in [5, 5.41) is 8.23. The van der Waals surface area contributed by atoms with Crippen LogP contribution in [-0.2, 0) is 11.3 Å². The lowest BCUT2D eigenvalue weighted by Crippen LogP contribution is -2.05. The van der Waals surface area contributed by atoms with Crippen molar-refractivity contribution in [2.24, 2.45) is 0 Å². The molecule has 1 fully saturated rings. The number of fused-ring (bicyclic) bond motifs is 1. The van der Waals surface area contributed by atoms with Crippen LogP contribution >= 0.6 is 23.2 Å². The summed E-state index contributed by atoms with van der Waals surface area (Å²) < 4.78 is 7.38. The van der Waals surface area contributed by atoms with Gasteiger partial charge in [-0.15, -0.1) is 5.10 Å². The van der Waals surface area contributed by atoms with Crippen LogP contribution in [0.1, 0.15) is 30.1 Å². The van der Waals surface area contributed by atoms with Crippen LogP contribution in [-0.4, -0.2) is 21.2 Å². The number of nitrogens with one attached hydrogen (secondary N) is 1. The normalized spacial score (nSPS) is 17.5. The molecule has 0 spiro atoms. The van der Waals surface area contributed by atoms with Gasteiger partial charge in [-0.3, -0.25) is 0 Å². The van der Waals surface area contributed by atoms with E-state index in [1.807, 2.05) is 24.3 Å². The molecule has 0 amide bonds. The van der Waals surface area contributed by atoms with E-state index in [0.717, 1.165) is 36.1 Å². The smallest absolute Gasteiger partial charge is 0.243 e. The minimum absolute atomic E-state index is 0.0138.